The van der Waals surface area contributed by atoms with E-state index >= 15 is 0 Å². The first kappa shape index (κ1) is 9.72. The van der Waals surface area contributed by atoms with E-state index in [2.05, 4.69) is 34.1 Å². The van der Waals surface area contributed by atoms with Gasteiger partial charge in [-0.3, -0.25) is 4.90 Å². The maximum absolute atomic E-state index is 3.61. The number of aromatic nitrogens is 1. The van der Waals surface area contributed by atoms with E-state index in [1.54, 1.807) is 5.56 Å². The molecule has 0 amide bonds. The van der Waals surface area contributed by atoms with Gasteiger partial charge in [-0.2, -0.15) is 0 Å². The molecule has 1 atom stereocenters. The monoisotopic (exact) mass is 226 g/mol. The van der Waals surface area contributed by atoms with Crippen LogP contribution in [0.25, 0.3) is 10.9 Å². The standard InChI is InChI=1S/C15H18N2/c1-2-7-14-12(6-1)13-9-11-5-3-4-8-17(11)10-15(13)16-14/h1-2,6-7,11,16H,3-5,8-10H2/t11-/m1/s1. The van der Waals surface area contributed by atoms with Gasteiger partial charge in [0.15, 0.2) is 0 Å². The number of piperidine rings is 1. The van der Waals surface area contributed by atoms with Crippen LogP contribution in [0.5, 0.6) is 0 Å². The van der Waals surface area contributed by atoms with Crippen molar-refractivity contribution < 1.29 is 0 Å². The maximum atomic E-state index is 3.61. The van der Waals surface area contributed by atoms with E-state index in [0.717, 1.165) is 12.6 Å². The molecular formula is C15H18N2. The van der Waals surface area contributed by atoms with Gasteiger partial charge >= 0.3 is 0 Å². The average molecular weight is 226 g/mol. The van der Waals surface area contributed by atoms with Gasteiger partial charge in [-0.15, -0.1) is 0 Å². The molecule has 3 heterocycles. The molecule has 0 saturated carbocycles. The summed E-state index contributed by atoms with van der Waals surface area (Å²) in [5, 5.41) is 1.45. The smallest absolute Gasteiger partial charge is 0.0459 e. The van der Waals surface area contributed by atoms with Crippen LogP contribution in [0.15, 0.2) is 24.3 Å². The molecule has 0 aliphatic carbocycles. The molecule has 2 aliphatic rings. The molecule has 2 aliphatic heterocycles. The predicted octanol–water partition coefficient (Wildman–Crippen LogP) is 3.08. The number of hydrogen-bond acceptors (Lipinski definition) is 1. The van der Waals surface area contributed by atoms with Crippen LogP contribution in [-0.2, 0) is 13.0 Å². The molecule has 1 N–H and O–H groups in total. The molecule has 1 aromatic heterocycles. The second-order valence-corrected chi connectivity index (χ2v) is 5.45. The van der Waals surface area contributed by atoms with E-state index in [0.29, 0.717) is 0 Å². The van der Waals surface area contributed by atoms with Crippen molar-refractivity contribution in [2.24, 2.45) is 0 Å². The van der Waals surface area contributed by atoms with Crippen molar-refractivity contribution in [2.45, 2.75) is 38.3 Å². The molecule has 0 spiro atoms. The van der Waals surface area contributed by atoms with Crippen LogP contribution in [0.3, 0.4) is 0 Å². The Kier molecular flexibility index (Phi) is 2.06. The Labute approximate surface area is 102 Å². The van der Waals surface area contributed by atoms with Crippen molar-refractivity contribution in [3.05, 3.63) is 35.5 Å². The Morgan fingerprint density at radius 3 is 3.12 bits per heavy atom. The summed E-state index contributed by atoms with van der Waals surface area (Å²) in [6, 6.07) is 9.55. The van der Waals surface area contributed by atoms with Crippen LogP contribution in [0.1, 0.15) is 30.5 Å². The number of aromatic amines is 1. The molecule has 0 unspecified atom stereocenters. The molecule has 1 aromatic carbocycles. The second-order valence-electron chi connectivity index (χ2n) is 5.45. The number of rotatable bonds is 0. The van der Waals surface area contributed by atoms with Gasteiger partial charge < -0.3 is 4.98 Å². The van der Waals surface area contributed by atoms with Crippen LogP contribution in [0.2, 0.25) is 0 Å². The lowest BCUT2D eigenvalue weighted by molar-refractivity contribution is 0.126. The normalized spacial score (nSPS) is 24.6. The zero-order chi connectivity index (χ0) is 11.2. The quantitative estimate of drug-likeness (QED) is 0.731. The van der Waals surface area contributed by atoms with Crippen LogP contribution in [0, 0.1) is 0 Å². The highest BCUT2D eigenvalue weighted by Gasteiger charge is 2.30. The molecule has 0 bridgehead atoms. The summed E-state index contributed by atoms with van der Waals surface area (Å²) >= 11 is 0. The van der Waals surface area contributed by atoms with Crippen LogP contribution >= 0.6 is 0 Å². The molecule has 1 fully saturated rings. The lowest BCUT2D eigenvalue weighted by Gasteiger charge is -2.39. The number of nitrogens with zero attached hydrogens (tertiary/aromatic N) is 1. The van der Waals surface area contributed by atoms with Gasteiger partial charge in [0, 0.05) is 29.2 Å². The number of benzene rings is 1. The van der Waals surface area contributed by atoms with E-state index in [-0.39, 0.29) is 0 Å². The Balaban J connectivity index is 1.83. The van der Waals surface area contributed by atoms with Gasteiger partial charge in [-0.25, -0.2) is 0 Å². The molecular weight excluding hydrogens is 208 g/mol. The SMILES string of the molecule is c1ccc2c3c([nH]c2c1)CN1CCCC[C@@H]1C3. The summed E-state index contributed by atoms with van der Waals surface area (Å²) in [5.74, 6) is 0. The summed E-state index contributed by atoms with van der Waals surface area (Å²) in [4.78, 5) is 6.28. The van der Waals surface area contributed by atoms with Crippen molar-refractivity contribution in [1.82, 2.24) is 9.88 Å². The van der Waals surface area contributed by atoms with Crippen LogP contribution in [-0.4, -0.2) is 22.5 Å². The number of hydrogen-bond donors (Lipinski definition) is 1. The third-order valence-corrected chi connectivity index (χ3v) is 4.45. The van der Waals surface area contributed by atoms with E-state index in [4.69, 9.17) is 0 Å². The predicted molar refractivity (Wildman–Crippen MR) is 70.1 cm³/mol. The van der Waals surface area contributed by atoms with Crippen molar-refractivity contribution in [3.63, 3.8) is 0 Å². The van der Waals surface area contributed by atoms with E-state index in [1.807, 2.05) is 0 Å². The minimum atomic E-state index is 0.801. The minimum Gasteiger partial charge on any atom is -0.357 e. The van der Waals surface area contributed by atoms with Crippen molar-refractivity contribution in [2.75, 3.05) is 6.54 Å². The molecule has 17 heavy (non-hydrogen) atoms. The van der Waals surface area contributed by atoms with Crippen molar-refractivity contribution >= 4 is 10.9 Å². The molecule has 2 heteroatoms. The zero-order valence-corrected chi connectivity index (χ0v) is 10.1. The first-order chi connectivity index (χ1) is 8.42. The molecule has 1 saturated heterocycles. The summed E-state index contributed by atoms with van der Waals surface area (Å²) in [7, 11) is 0. The van der Waals surface area contributed by atoms with Crippen molar-refractivity contribution in [1.29, 1.82) is 0 Å². The van der Waals surface area contributed by atoms with Gasteiger partial charge in [0.1, 0.15) is 0 Å². The highest BCUT2D eigenvalue weighted by Crippen LogP contribution is 2.33. The lowest BCUT2D eigenvalue weighted by Crippen LogP contribution is -2.43. The largest absolute Gasteiger partial charge is 0.357 e. The molecule has 88 valence electrons. The summed E-state index contributed by atoms with van der Waals surface area (Å²) < 4.78 is 0. The molecule has 2 nitrogen and oxygen atoms in total. The Hall–Kier alpha value is -1.28. The highest BCUT2D eigenvalue weighted by atomic mass is 15.2. The Morgan fingerprint density at radius 2 is 2.12 bits per heavy atom. The fourth-order valence-corrected chi connectivity index (χ4v) is 3.56. The third-order valence-electron chi connectivity index (χ3n) is 4.45. The first-order valence-electron chi connectivity index (χ1n) is 6.74. The lowest BCUT2D eigenvalue weighted by atomic mass is 9.90. The first-order valence-corrected chi connectivity index (χ1v) is 6.74. The third kappa shape index (κ3) is 1.44. The van der Waals surface area contributed by atoms with Crippen LogP contribution < -0.4 is 0 Å². The van der Waals surface area contributed by atoms with E-state index < -0.39 is 0 Å². The summed E-state index contributed by atoms with van der Waals surface area (Å²) in [6.07, 6.45) is 5.43. The average Bonchev–Trinajstić information content (AvgIpc) is 2.73. The second kappa shape index (κ2) is 3.61. The number of nitrogens with one attached hydrogen (secondary N) is 1. The fourth-order valence-electron chi connectivity index (χ4n) is 3.56. The van der Waals surface area contributed by atoms with Gasteiger partial charge in [0.2, 0.25) is 0 Å². The van der Waals surface area contributed by atoms with E-state index in [1.165, 1.54) is 48.8 Å². The van der Waals surface area contributed by atoms with Gasteiger partial charge in [0.25, 0.3) is 0 Å². The summed E-state index contributed by atoms with van der Waals surface area (Å²) in [6.45, 7) is 2.42. The fraction of sp³-hybridized carbons (Fsp3) is 0.467. The van der Waals surface area contributed by atoms with Crippen LogP contribution in [0.4, 0.5) is 0 Å². The molecule has 4 rings (SSSR count). The number of para-hydroxylation sites is 1. The van der Waals surface area contributed by atoms with Crippen molar-refractivity contribution in [3.8, 4) is 0 Å². The van der Waals surface area contributed by atoms with Gasteiger partial charge in [0.05, 0.1) is 0 Å². The molecule has 2 aromatic rings. The topological polar surface area (TPSA) is 19.0 Å². The number of H-pyrrole nitrogens is 1. The number of fused-ring (bicyclic) bond motifs is 4. The van der Waals surface area contributed by atoms with Gasteiger partial charge in [-0.05, 0) is 37.4 Å². The molecule has 0 radical (unpaired) electrons. The van der Waals surface area contributed by atoms with Gasteiger partial charge in [-0.1, -0.05) is 24.6 Å². The van der Waals surface area contributed by atoms with E-state index in [9.17, 15) is 0 Å². The maximum Gasteiger partial charge on any atom is 0.0459 e. The minimum absolute atomic E-state index is 0.801. The summed E-state index contributed by atoms with van der Waals surface area (Å²) in [5.41, 5.74) is 4.37. The Bertz CT molecular complexity index is 555. The Morgan fingerprint density at radius 1 is 1.18 bits per heavy atom. The zero-order valence-electron chi connectivity index (χ0n) is 10.1. The highest BCUT2D eigenvalue weighted by molar-refractivity contribution is 5.84.